The summed E-state index contributed by atoms with van der Waals surface area (Å²) in [6, 6.07) is 6.23. The molecule has 1 amide bonds. The average Bonchev–Trinajstić information content (AvgIpc) is 3.36. The normalized spacial score (nSPS) is 26.0. The van der Waals surface area contributed by atoms with Crippen molar-refractivity contribution in [2.75, 3.05) is 5.32 Å². The van der Waals surface area contributed by atoms with E-state index in [4.69, 9.17) is 0 Å². The lowest BCUT2D eigenvalue weighted by Crippen LogP contribution is -2.26. The lowest BCUT2D eigenvalue weighted by molar-refractivity contribution is -0.120. The summed E-state index contributed by atoms with van der Waals surface area (Å²) >= 11 is 0. The molecule has 2 bridgehead atoms. The van der Waals surface area contributed by atoms with Crippen LogP contribution in [0.2, 0.25) is 0 Å². The molecule has 3 aliphatic rings. The van der Waals surface area contributed by atoms with Gasteiger partial charge in [0, 0.05) is 30.1 Å². The number of carbonyl (C=O) groups is 1. The highest BCUT2D eigenvalue weighted by Gasteiger charge is 2.39. The van der Waals surface area contributed by atoms with Gasteiger partial charge in [-0.1, -0.05) is 30.7 Å². The molecule has 2 aliphatic carbocycles. The number of amides is 1. The highest BCUT2D eigenvalue weighted by Crippen LogP contribution is 2.44. The van der Waals surface area contributed by atoms with E-state index in [1.807, 2.05) is 6.92 Å². The first-order chi connectivity index (χ1) is 13.2. The number of nitrogens with zero attached hydrogens (tertiary/aromatic N) is 3. The molecule has 140 valence electrons. The Morgan fingerprint density at radius 1 is 1.15 bits per heavy atom. The SMILES string of the molecule is Cc1ccc(-c2nnc3n2CCCCC3)cc1NC(=O)[C@H]1C[C@H]2C=C[C@H]1C2. The van der Waals surface area contributed by atoms with E-state index in [0.29, 0.717) is 11.8 Å². The van der Waals surface area contributed by atoms with Crippen molar-refractivity contribution >= 4 is 11.6 Å². The summed E-state index contributed by atoms with van der Waals surface area (Å²) in [5, 5.41) is 12.1. The highest BCUT2D eigenvalue weighted by molar-refractivity contribution is 5.94. The largest absolute Gasteiger partial charge is 0.326 e. The summed E-state index contributed by atoms with van der Waals surface area (Å²) in [7, 11) is 0. The van der Waals surface area contributed by atoms with Gasteiger partial charge < -0.3 is 9.88 Å². The monoisotopic (exact) mass is 362 g/mol. The third kappa shape index (κ3) is 2.99. The number of fused-ring (bicyclic) bond motifs is 3. The van der Waals surface area contributed by atoms with Crippen molar-refractivity contribution in [1.82, 2.24) is 14.8 Å². The number of anilines is 1. The second-order valence-corrected chi connectivity index (χ2v) is 8.31. The minimum atomic E-state index is 0.118. The first-order valence-electron chi connectivity index (χ1n) is 10.2. The molecule has 2 aromatic rings. The number of benzene rings is 1. The minimum Gasteiger partial charge on any atom is -0.326 e. The molecule has 27 heavy (non-hydrogen) atoms. The van der Waals surface area contributed by atoms with Gasteiger partial charge in [-0.2, -0.15) is 0 Å². The summed E-state index contributed by atoms with van der Waals surface area (Å²) in [4.78, 5) is 12.9. The maximum atomic E-state index is 12.9. The topological polar surface area (TPSA) is 59.8 Å². The zero-order valence-corrected chi connectivity index (χ0v) is 15.8. The van der Waals surface area contributed by atoms with Crippen molar-refractivity contribution in [2.45, 2.75) is 52.0 Å². The zero-order chi connectivity index (χ0) is 18.4. The van der Waals surface area contributed by atoms with Gasteiger partial charge in [-0.25, -0.2) is 0 Å². The van der Waals surface area contributed by atoms with E-state index >= 15 is 0 Å². The number of aromatic nitrogens is 3. The molecule has 1 fully saturated rings. The molecule has 3 atom stereocenters. The van der Waals surface area contributed by atoms with Crippen LogP contribution in [0.4, 0.5) is 5.69 Å². The van der Waals surface area contributed by atoms with E-state index in [1.54, 1.807) is 0 Å². The Morgan fingerprint density at radius 2 is 2.07 bits per heavy atom. The zero-order valence-electron chi connectivity index (χ0n) is 15.8. The molecular formula is C22H26N4O. The fraction of sp³-hybridized carbons (Fsp3) is 0.500. The molecule has 1 saturated carbocycles. The number of carbonyl (C=O) groups excluding carboxylic acids is 1. The maximum Gasteiger partial charge on any atom is 0.228 e. The first kappa shape index (κ1) is 16.7. The van der Waals surface area contributed by atoms with E-state index in [0.717, 1.165) is 54.3 Å². The minimum absolute atomic E-state index is 0.118. The number of allylic oxidation sites excluding steroid dienone is 2. The average molecular weight is 362 g/mol. The van der Waals surface area contributed by atoms with Gasteiger partial charge in [0.25, 0.3) is 0 Å². The number of nitrogens with one attached hydrogen (secondary N) is 1. The van der Waals surface area contributed by atoms with E-state index in [1.165, 1.54) is 19.3 Å². The Balaban J connectivity index is 1.41. The molecule has 0 saturated heterocycles. The Labute approximate surface area is 159 Å². The second kappa shape index (κ2) is 6.63. The molecule has 1 N–H and O–H groups in total. The highest BCUT2D eigenvalue weighted by atomic mass is 16.1. The summed E-state index contributed by atoms with van der Waals surface area (Å²) in [6.45, 7) is 3.02. The lowest BCUT2D eigenvalue weighted by Gasteiger charge is -2.19. The Bertz CT molecular complexity index is 913. The van der Waals surface area contributed by atoms with E-state index in [-0.39, 0.29) is 11.8 Å². The molecule has 1 aromatic carbocycles. The van der Waals surface area contributed by atoms with Gasteiger partial charge in [0.15, 0.2) is 5.82 Å². The first-order valence-corrected chi connectivity index (χ1v) is 10.2. The van der Waals surface area contributed by atoms with Crippen molar-refractivity contribution in [1.29, 1.82) is 0 Å². The standard InChI is InChI=1S/C22H26N4O/c1-14-6-8-17(21-25-24-20-5-3-2-4-10-26(20)21)13-19(14)23-22(27)18-12-15-7-9-16(18)11-15/h6-9,13,15-16,18H,2-5,10-12H2,1H3,(H,23,27)/t15-,16-,18-/m0/s1. The maximum absolute atomic E-state index is 12.9. The second-order valence-electron chi connectivity index (χ2n) is 8.31. The molecule has 5 rings (SSSR count). The number of hydrogen-bond donors (Lipinski definition) is 1. The van der Waals surface area contributed by atoms with Crippen molar-refractivity contribution in [2.24, 2.45) is 17.8 Å². The van der Waals surface area contributed by atoms with E-state index < -0.39 is 0 Å². The third-order valence-corrected chi connectivity index (χ3v) is 6.48. The van der Waals surface area contributed by atoms with Crippen LogP contribution in [0.15, 0.2) is 30.4 Å². The molecule has 1 aliphatic heterocycles. The number of rotatable bonds is 3. The smallest absolute Gasteiger partial charge is 0.228 e. The van der Waals surface area contributed by atoms with Crippen molar-refractivity contribution < 1.29 is 4.79 Å². The van der Waals surface area contributed by atoms with Crippen LogP contribution >= 0.6 is 0 Å². The fourth-order valence-corrected chi connectivity index (χ4v) is 4.90. The summed E-state index contributed by atoms with van der Waals surface area (Å²) < 4.78 is 2.25. The molecule has 0 radical (unpaired) electrons. The summed E-state index contributed by atoms with van der Waals surface area (Å²) in [6.07, 6.45) is 11.2. The van der Waals surface area contributed by atoms with Gasteiger partial charge >= 0.3 is 0 Å². The molecule has 2 heterocycles. The van der Waals surface area contributed by atoms with Crippen LogP contribution in [0.1, 0.15) is 43.5 Å². The Hall–Kier alpha value is -2.43. The van der Waals surface area contributed by atoms with Crippen LogP contribution in [-0.2, 0) is 17.8 Å². The van der Waals surface area contributed by atoms with Crippen LogP contribution in [0.3, 0.4) is 0 Å². The van der Waals surface area contributed by atoms with Crippen LogP contribution in [0.25, 0.3) is 11.4 Å². The van der Waals surface area contributed by atoms with E-state index in [2.05, 4.69) is 50.4 Å². The molecule has 5 nitrogen and oxygen atoms in total. The quantitative estimate of drug-likeness (QED) is 0.835. The fourth-order valence-electron chi connectivity index (χ4n) is 4.90. The predicted molar refractivity (Wildman–Crippen MR) is 105 cm³/mol. The molecule has 0 unspecified atom stereocenters. The molecule has 0 spiro atoms. The van der Waals surface area contributed by atoms with Crippen molar-refractivity contribution in [3.05, 3.63) is 41.7 Å². The van der Waals surface area contributed by atoms with Crippen LogP contribution in [-0.4, -0.2) is 20.7 Å². The van der Waals surface area contributed by atoms with Gasteiger partial charge in [0.2, 0.25) is 5.91 Å². The van der Waals surface area contributed by atoms with Crippen LogP contribution < -0.4 is 5.32 Å². The van der Waals surface area contributed by atoms with E-state index in [9.17, 15) is 4.79 Å². The Morgan fingerprint density at radius 3 is 2.89 bits per heavy atom. The molecular weight excluding hydrogens is 336 g/mol. The summed E-state index contributed by atoms with van der Waals surface area (Å²) in [5.74, 6) is 3.31. The number of hydrogen-bond acceptors (Lipinski definition) is 3. The predicted octanol–water partition coefficient (Wildman–Crippen LogP) is 4.13. The van der Waals surface area contributed by atoms with Crippen molar-refractivity contribution in [3.8, 4) is 11.4 Å². The number of aryl methyl sites for hydroxylation is 2. The lowest BCUT2D eigenvalue weighted by atomic mass is 9.92. The third-order valence-electron chi connectivity index (χ3n) is 6.48. The van der Waals surface area contributed by atoms with Gasteiger partial charge in [-0.3, -0.25) is 4.79 Å². The van der Waals surface area contributed by atoms with Gasteiger partial charge in [0.05, 0.1) is 0 Å². The van der Waals surface area contributed by atoms with Gasteiger partial charge in [-0.05, 0) is 56.1 Å². The molecule has 1 aromatic heterocycles. The van der Waals surface area contributed by atoms with Crippen LogP contribution in [0, 0.1) is 24.7 Å². The van der Waals surface area contributed by atoms with Crippen molar-refractivity contribution in [3.63, 3.8) is 0 Å². The Kier molecular flexibility index (Phi) is 4.10. The summed E-state index contributed by atoms with van der Waals surface area (Å²) in [5.41, 5.74) is 3.01. The molecule has 5 heteroatoms. The van der Waals surface area contributed by atoms with Gasteiger partial charge in [-0.15, -0.1) is 10.2 Å². The van der Waals surface area contributed by atoms with Gasteiger partial charge in [0.1, 0.15) is 5.82 Å². The van der Waals surface area contributed by atoms with Crippen LogP contribution in [0.5, 0.6) is 0 Å².